The highest BCUT2D eigenvalue weighted by Gasteiger charge is 2.29. The molecule has 3 aromatic rings. The Hall–Kier alpha value is -2.15. The fourth-order valence-corrected chi connectivity index (χ4v) is 5.45. The van der Waals surface area contributed by atoms with Crippen LogP contribution in [0.2, 0.25) is 0 Å². The van der Waals surface area contributed by atoms with Crippen molar-refractivity contribution in [1.82, 2.24) is 13.8 Å². The summed E-state index contributed by atoms with van der Waals surface area (Å²) in [4.78, 5) is 2.74. The summed E-state index contributed by atoms with van der Waals surface area (Å²) in [6, 6.07) is 13.8. The average Bonchev–Trinajstić information content (AvgIpc) is 3.00. The number of nitrogens with zero attached hydrogens (tertiary/aromatic N) is 3. The van der Waals surface area contributed by atoms with E-state index in [-0.39, 0.29) is 0 Å². The highest BCUT2D eigenvalue weighted by molar-refractivity contribution is 7.89. The lowest BCUT2D eigenvalue weighted by Gasteiger charge is -2.34. The van der Waals surface area contributed by atoms with Crippen LogP contribution < -0.4 is 0 Å². The molecule has 0 amide bonds. The molecule has 1 aliphatic heterocycles. The Bertz CT molecular complexity index is 1110. The minimum atomic E-state index is -3.43. The molecule has 0 unspecified atom stereocenters. The van der Waals surface area contributed by atoms with Gasteiger partial charge in [-0.2, -0.15) is 4.31 Å². The molecular formula is C22H27N3O2S. The van der Waals surface area contributed by atoms with Gasteiger partial charge in [0.25, 0.3) is 0 Å². The molecule has 0 atom stereocenters. The summed E-state index contributed by atoms with van der Waals surface area (Å²) in [5.41, 5.74) is 4.64. The molecule has 0 saturated carbocycles. The summed E-state index contributed by atoms with van der Waals surface area (Å²) < 4.78 is 29.8. The Labute approximate surface area is 167 Å². The maximum Gasteiger partial charge on any atom is 0.243 e. The highest BCUT2D eigenvalue weighted by Crippen LogP contribution is 2.24. The van der Waals surface area contributed by atoms with Crippen LogP contribution in [0, 0.1) is 13.8 Å². The molecule has 1 aliphatic rings. The standard InChI is InChI=1S/C22H27N3O2S/c1-17-8-9-20(14-18(17)2)28(26,27)25-12-10-24(11-13-25)16-19-15-23(3)22-7-5-4-6-21(19)22/h4-9,14-15H,10-13,16H2,1-3H3. The van der Waals surface area contributed by atoms with Crippen molar-refractivity contribution in [2.75, 3.05) is 26.2 Å². The van der Waals surface area contributed by atoms with E-state index in [1.807, 2.05) is 19.9 Å². The zero-order valence-electron chi connectivity index (χ0n) is 16.7. The lowest BCUT2D eigenvalue weighted by molar-refractivity contribution is 0.182. The van der Waals surface area contributed by atoms with Gasteiger partial charge in [0, 0.05) is 56.9 Å². The van der Waals surface area contributed by atoms with Crippen LogP contribution in [0.15, 0.2) is 53.6 Å². The summed E-state index contributed by atoms with van der Waals surface area (Å²) in [5.74, 6) is 0. The summed E-state index contributed by atoms with van der Waals surface area (Å²) in [6.07, 6.45) is 2.18. The number of sulfonamides is 1. The van der Waals surface area contributed by atoms with Gasteiger partial charge in [0.05, 0.1) is 4.90 Å². The molecule has 1 fully saturated rings. The first kappa shape index (κ1) is 19.2. The number of hydrogen-bond acceptors (Lipinski definition) is 3. The molecular weight excluding hydrogens is 370 g/mol. The van der Waals surface area contributed by atoms with E-state index in [1.54, 1.807) is 16.4 Å². The summed E-state index contributed by atoms with van der Waals surface area (Å²) in [6.45, 7) is 7.34. The van der Waals surface area contributed by atoms with Crippen molar-refractivity contribution in [3.63, 3.8) is 0 Å². The van der Waals surface area contributed by atoms with E-state index in [2.05, 4.69) is 47.0 Å². The van der Waals surface area contributed by atoms with Gasteiger partial charge in [0.1, 0.15) is 0 Å². The van der Waals surface area contributed by atoms with Crippen LogP contribution in [0.3, 0.4) is 0 Å². The van der Waals surface area contributed by atoms with E-state index in [9.17, 15) is 8.42 Å². The van der Waals surface area contributed by atoms with Crippen molar-refractivity contribution < 1.29 is 8.42 Å². The van der Waals surface area contributed by atoms with Crippen molar-refractivity contribution in [3.8, 4) is 0 Å². The van der Waals surface area contributed by atoms with Crippen molar-refractivity contribution >= 4 is 20.9 Å². The number of piperazine rings is 1. The maximum atomic E-state index is 13.0. The number of fused-ring (bicyclic) bond motifs is 1. The first-order valence-corrected chi connectivity index (χ1v) is 11.1. The predicted octanol–water partition coefficient (Wildman–Crippen LogP) is 3.30. The van der Waals surface area contributed by atoms with Gasteiger partial charge in [-0.15, -0.1) is 0 Å². The molecule has 28 heavy (non-hydrogen) atoms. The largest absolute Gasteiger partial charge is 0.350 e. The van der Waals surface area contributed by atoms with E-state index < -0.39 is 10.0 Å². The molecule has 0 aliphatic carbocycles. The van der Waals surface area contributed by atoms with E-state index in [1.165, 1.54) is 16.5 Å². The molecule has 0 spiro atoms. The lowest BCUT2D eigenvalue weighted by atomic mass is 10.1. The monoisotopic (exact) mass is 397 g/mol. The van der Waals surface area contributed by atoms with Crippen LogP contribution in [0.5, 0.6) is 0 Å². The van der Waals surface area contributed by atoms with Crippen molar-refractivity contribution in [3.05, 3.63) is 65.4 Å². The summed E-state index contributed by atoms with van der Waals surface area (Å²) >= 11 is 0. The second kappa shape index (κ2) is 7.35. The van der Waals surface area contributed by atoms with Gasteiger partial charge in [-0.05, 0) is 48.7 Å². The van der Waals surface area contributed by atoms with Gasteiger partial charge in [0.15, 0.2) is 0 Å². The maximum absolute atomic E-state index is 13.0. The molecule has 4 rings (SSSR count). The molecule has 0 radical (unpaired) electrons. The van der Waals surface area contributed by atoms with E-state index in [0.717, 1.165) is 30.8 Å². The normalized spacial score (nSPS) is 16.7. The van der Waals surface area contributed by atoms with Gasteiger partial charge in [-0.1, -0.05) is 24.3 Å². The Morgan fingerprint density at radius 1 is 0.929 bits per heavy atom. The summed E-state index contributed by atoms with van der Waals surface area (Å²) in [5, 5.41) is 1.27. The van der Waals surface area contributed by atoms with Crippen LogP contribution >= 0.6 is 0 Å². The van der Waals surface area contributed by atoms with Gasteiger partial charge < -0.3 is 4.57 Å². The number of aryl methyl sites for hydroxylation is 3. The SMILES string of the molecule is Cc1ccc(S(=O)(=O)N2CCN(Cc3cn(C)c4ccccc34)CC2)cc1C. The molecule has 5 nitrogen and oxygen atoms in total. The summed E-state index contributed by atoms with van der Waals surface area (Å²) in [7, 11) is -1.36. The minimum Gasteiger partial charge on any atom is -0.350 e. The smallest absolute Gasteiger partial charge is 0.243 e. The lowest BCUT2D eigenvalue weighted by Crippen LogP contribution is -2.48. The quantitative estimate of drug-likeness (QED) is 0.679. The van der Waals surface area contributed by atoms with Crippen molar-refractivity contribution in [2.24, 2.45) is 7.05 Å². The van der Waals surface area contributed by atoms with Crippen LogP contribution in [0.25, 0.3) is 10.9 Å². The zero-order valence-corrected chi connectivity index (χ0v) is 17.5. The average molecular weight is 398 g/mol. The number of benzene rings is 2. The van der Waals surface area contributed by atoms with Gasteiger partial charge in [-0.3, -0.25) is 4.90 Å². The number of hydrogen-bond donors (Lipinski definition) is 0. The molecule has 6 heteroatoms. The Morgan fingerprint density at radius 3 is 2.36 bits per heavy atom. The van der Waals surface area contributed by atoms with Crippen molar-refractivity contribution in [1.29, 1.82) is 0 Å². The molecule has 0 bridgehead atoms. The third-order valence-corrected chi connectivity index (χ3v) is 7.72. The number of aromatic nitrogens is 1. The van der Waals surface area contributed by atoms with E-state index in [0.29, 0.717) is 18.0 Å². The highest BCUT2D eigenvalue weighted by atomic mass is 32.2. The molecule has 148 valence electrons. The van der Waals surface area contributed by atoms with Crippen LogP contribution in [0.1, 0.15) is 16.7 Å². The molecule has 2 heterocycles. The van der Waals surface area contributed by atoms with E-state index in [4.69, 9.17) is 0 Å². The Balaban J connectivity index is 1.46. The van der Waals surface area contributed by atoms with Crippen LogP contribution in [0.4, 0.5) is 0 Å². The molecule has 1 aromatic heterocycles. The number of para-hydroxylation sites is 1. The minimum absolute atomic E-state index is 0.401. The zero-order chi connectivity index (χ0) is 19.9. The third kappa shape index (κ3) is 3.48. The Kier molecular flexibility index (Phi) is 5.04. The Morgan fingerprint density at radius 2 is 1.64 bits per heavy atom. The first-order valence-electron chi connectivity index (χ1n) is 9.69. The van der Waals surface area contributed by atoms with Crippen LogP contribution in [-0.2, 0) is 23.6 Å². The predicted molar refractivity (Wildman–Crippen MR) is 113 cm³/mol. The fraction of sp³-hybridized carbons (Fsp3) is 0.364. The van der Waals surface area contributed by atoms with Gasteiger partial charge in [0.2, 0.25) is 10.0 Å². The van der Waals surface area contributed by atoms with E-state index >= 15 is 0 Å². The molecule has 2 aromatic carbocycles. The molecule has 0 N–H and O–H groups in total. The fourth-order valence-electron chi connectivity index (χ4n) is 3.94. The third-order valence-electron chi connectivity index (χ3n) is 5.82. The number of rotatable bonds is 4. The van der Waals surface area contributed by atoms with Gasteiger partial charge >= 0.3 is 0 Å². The molecule has 1 saturated heterocycles. The van der Waals surface area contributed by atoms with Crippen LogP contribution in [-0.4, -0.2) is 48.4 Å². The first-order chi connectivity index (χ1) is 13.4. The van der Waals surface area contributed by atoms with Crippen molar-refractivity contribution in [2.45, 2.75) is 25.3 Å². The topological polar surface area (TPSA) is 45.6 Å². The second-order valence-electron chi connectivity index (χ2n) is 7.71. The second-order valence-corrected chi connectivity index (χ2v) is 9.65. The van der Waals surface area contributed by atoms with Gasteiger partial charge in [-0.25, -0.2) is 8.42 Å².